The molecule has 0 amide bonds. The summed E-state index contributed by atoms with van der Waals surface area (Å²) in [5.41, 5.74) is 2.24. The van der Waals surface area contributed by atoms with Crippen LogP contribution in [0.3, 0.4) is 0 Å². The second kappa shape index (κ2) is 18.1. The minimum Gasteiger partial charge on any atom is -0.508 e. The molecule has 6 N–H and O–H groups in total. The van der Waals surface area contributed by atoms with Crippen LogP contribution in [0.15, 0.2) is 91.0 Å². The van der Waals surface area contributed by atoms with Crippen LogP contribution in [0.5, 0.6) is 17.2 Å². The Labute approximate surface area is 237 Å². The molecule has 3 aromatic carbocycles. The molecule has 9 nitrogen and oxygen atoms in total. The van der Waals surface area contributed by atoms with Gasteiger partial charge in [-0.25, -0.2) is 14.4 Å². The summed E-state index contributed by atoms with van der Waals surface area (Å²) in [6, 6.07) is 18.8. The van der Waals surface area contributed by atoms with Crippen molar-refractivity contribution in [2.75, 3.05) is 0 Å². The molecule has 0 aliphatic heterocycles. The standard InChI is InChI=1S/3C9H8O3.Y/c3*10-8-4-1-7(2-5-8)3-6-9(11)12;/h3*1-6,10H,(H,11,12);. The monoisotopic (exact) mass is 581 g/mol. The number of phenolic OH excluding ortho intramolecular Hbond substituents is 3. The summed E-state index contributed by atoms with van der Waals surface area (Å²) in [7, 11) is 0. The Morgan fingerprint density at radius 3 is 0.784 bits per heavy atom. The first-order chi connectivity index (χ1) is 17.0. The summed E-state index contributed by atoms with van der Waals surface area (Å²) in [5.74, 6) is -2.44. The number of aromatic hydroxyl groups is 3. The molecule has 0 aliphatic carbocycles. The second-order valence-corrected chi connectivity index (χ2v) is 6.79. The van der Waals surface area contributed by atoms with E-state index < -0.39 is 17.9 Å². The van der Waals surface area contributed by atoms with Gasteiger partial charge in [-0.05, 0) is 71.3 Å². The molecule has 0 saturated carbocycles. The van der Waals surface area contributed by atoms with Crippen LogP contribution < -0.4 is 0 Å². The fourth-order valence-corrected chi connectivity index (χ4v) is 2.26. The van der Waals surface area contributed by atoms with E-state index in [9.17, 15) is 14.4 Å². The number of carbonyl (C=O) groups is 3. The number of rotatable bonds is 6. The third-order valence-corrected chi connectivity index (χ3v) is 3.93. The number of hydrogen-bond acceptors (Lipinski definition) is 6. The van der Waals surface area contributed by atoms with Crippen LogP contribution in [0, 0.1) is 0 Å². The molecule has 3 aromatic rings. The van der Waals surface area contributed by atoms with Crippen LogP contribution in [0.1, 0.15) is 16.7 Å². The number of phenols is 3. The average molecular weight is 581 g/mol. The Hall–Kier alpha value is -4.21. The molecular formula is C27H24O9Y. The average Bonchev–Trinajstić information content (AvgIpc) is 2.84. The molecule has 0 heterocycles. The summed E-state index contributed by atoms with van der Waals surface area (Å²) in [4.78, 5) is 30.3. The van der Waals surface area contributed by atoms with Crippen molar-refractivity contribution in [1.82, 2.24) is 0 Å². The minimum absolute atomic E-state index is 0. The van der Waals surface area contributed by atoms with E-state index in [0.717, 1.165) is 34.9 Å². The minimum atomic E-state index is -0.983. The smallest absolute Gasteiger partial charge is 0.328 e. The van der Waals surface area contributed by atoms with Crippen molar-refractivity contribution >= 4 is 36.1 Å². The predicted molar refractivity (Wildman–Crippen MR) is 134 cm³/mol. The van der Waals surface area contributed by atoms with Gasteiger partial charge in [0, 0.05) is 50.9 Å². The maximum absolute atomic E-state index is 10.1. The van der Waals surface area contributed by atoms with Gasteiger partial charge in [-0.1, -0.05) is 36.4 Å². The molecule has 189 valence electrons. The largest absolute Gasteiger partial charge is 0.508 e. The molecule has 3 rings (SSSR count). The molecule has 0 spiro atoms. The fraction of sp³-hybridized carbons (Fsp3) is 0. The van der Waals surface area contributed by atoms with Gasteiger partial charge in [-0.2, -0.15) is 0 Å². The maximum atomic E-state index is 10.1. The van der Waals surface area contributed by atoms with Gasteiger partial charge < -0.3 is 30.6 Å². The van der Waals surface area contributed by atoms with Gasteiger partial charge >= 0.3 is 17.9 Å². The third kappa shape index (κ3) is 17.0. The predicted octanol–water partition coefficient (Wildman–Crippen LogP) is 4.47. The SMILES string of the molecule is O=C(O)C=Cc1ccc(O)cc1.O=C(O)C=Cc1ccc(O)cc1.O=C(O)C=Cc1ccc(O)cc1.[Y]. The molecule has 0 saturated heterocycles. The van der Waals surface area contributed by atoms with Crippen molar-refractivity contribution in [3.05, 3.63) is 108 Å². The van der Waals surface area contributed by atoms with E-state index >= 15 is 0 Å². The van der Waals surface area contributed by atoms with E-state index in [0.29, 0.717) is 0 Å². The number of hydrogen-bond donors (Lipinski definition) is 6. The summed E-state index contributed by atoms with van der Waals surface area (Å²) in [6.45, 7) is 0. The van der Waals surface area contributed by atoms with Crippen molar-refractivity contribution in [1.29, 1.82) is 0 Å². The zero-order chi connectivity index (χ0) is 26.9. The summed E-state index contributed by atoms with van der Waals surface area (Å²) < 4.78 is 0. The molecule has 0 fully saturated rings. The number of benzene rings is 3. The van der Waals surface area contributed by atoms with Gasteiger partial charge in [-0.15, -0.1) is 0 Å². The Balaban J connectivity index is 0.000000518. The van der Waals surface area contributed by atoms with Crippen LogP contribution in [0.2, 0.25) is 0 Å². The normalized spacial score (nSPS) is 10.1. The molecule has 37 heavy (non-hydrogen) atoms. The number of carboxylic acids is 3. The first kappa shape index (κ1) is 32.8. The summed E-state index contributed by atoms with van der Waals surface area (Å²) in [5, 5.41) is 51.6. The van der Waals surface area contributed by atoms with Gasteiger partial charge in [0.15, 0.2) is 0 Å². The van der Waals surface area contributed by atoms with Crippen molar-refractivity contribution < 1.29 is 77.7 Å². The molecule has 0 aromatic heterocycles. The van der Waals surface area contributed by atoms with Gasteiger partial charge in [0.1, 0.15) is 17.2 Å². The molecule has 10 heteroatoms. The number of aliphatic carboxylic acids is 3. The summed E-state index contributed by atoms with van der Waals surface area (Å²) >= 11 is 0. The van der Waals surface area contributed by atoms with Crippen molar-refractivity contribution in [2.45, 2.75) is 0 Å². The van der Waals surface area contributed by atoms with Gasteiger partial charge in [0.25, 0.3) is 0 Å². The maximum Gasteiger partial charge on any atom is 0.328 e. The van der Waals surface area contributed by atoms with Crippen LogP contribution in [0.25, 0.3) is 18.2 Å². The first-order valence-corrected chi connectivity index (χ1v) is 10.2. The quantitative estimate of drug-likeness (QED) is 0.230. The van der Waals surface area contributed by atoms with Gasteiger partial charge in [-0.3, -0.25) is 0 Å². The van der Waals surface area contributed by atoms with Crippen molar-refractivity contribution in [3.8, 4) is 17.2 Å². The molecule has 0 bridgehead atoms. The zero-order valence-electron chi connectivity index (χ0n) is 19.4. The van der Waals surface area contributed by atoms with E-state index in [1.54, 1.807) is 36.4 Å². The van der Waals surface area contributed by atoms with E-state index in [4.69, 9.17) is 30.6 Å². The Morgan fingerprint density at radius 2 is 0.622 bits per heavy atom. The molecule has 0 atom stereocenters. The van der Waals surface area contributed by atoms with E-state index in [2.05, 4.69) is 0 Å². The van der Waals surface area contributed by atoms with Crippen LogP contribution in [0.4, 0.5) is 0 Å². The molecule has 0 unspecified atom stereocenters. The van der Waals surface area contributed by atoms with Crippen molar-refractivity contribution in [2.24, 2.45) is 0 Å². The van der Waals surface area contributed by atoms with Crippen LogP contribution in [-0.2, 0) is 47.1 Å². The Morgan fingerprint density at radius 1 is 0.432 bits per heavy atom. The molecule has 1 radical (unpaired) electrons. The van der Waals surface area contributed by atoms with E-state index in [1.165, 1.54) is 54.6 Å². The van der Waals surface area contributed by atoms with Crippen molar-refractivity contribution in [3.63, 3.8) is 0 Å². The number of carboxylic acid groups (broad SMARTS) is 3. The molecular weight excluding hydrogens is 557 g/mol. The second-order valence-electron chi connectivity index (χ2n) is 6.79. The third-order valence-electron chi connectivity index (χ3n) is 3.93. The summed E-state index contributed by atoms with van der Waals surface area (Å²) in [6.07, 6.45) is 7.52. The van der Waals surface area contributed by atoms with E-state index in [-0.39, 0.29) is 50.0 Å². The Kier molecular flexibility index (Phi) is 16.1. The van der Waals surface area contributed by atoms with Crippen LogP contribution >= 0.6 is 0 Å². The van der Waals surface area contributed by atoms with Gasteiger partial charge in [0.05, 0.1) is 0 Å². The van der Waals surface area contributed by atoms with E-state index in [1.807, 2.05) is 0 Å². The first-order valence-electron chi connectivity index (χ1n) is 10.2. The van der Waals surface area contributed by atoms with Crippen LogP contribution in [-0.4, -0.2) is 48.5 Å². The van der Waals surface area contributed by atoms with Gasteiger partial charge in [0.2, 0.25) is 0 Å². The fourth-order valence-electron chi connectivity index (χ4n) is 2.26. The topological polar surface area (TPSA) is 173 Å². The molecule has 0 aliphatic rings. The Bertz CT molecular complexity index is 1060. The zero-order valence-corrected chi connectivity index (χ0v) is 22.2.